The molecule has 0 aliphatic rings. The van der Waals surface area contributed by atoms with E-state index in [9.17, 15) is 4.79 Å². The summed E-state index contributed by atoms with van der Waals surface area (Å²) in [6.07, 6.45) is 0.711. The van der Waals surface area contributed by atoms with Gasteiger partial charge in [0.25, 0.3) is 0 Å². The zero-order chi connectivity index (χ0) is 13.5. The van der Waals surface area contributed by atoms with Crippen molar-refractivity contribution in [1.82, 2.24) is 0 Å². The van der Waals surface area contributed by atoms with E-state index in [1.165, 1.54) is 0 Å². The van der Waals surface area contributed by atoms with Crippen molar-refractivity contribution in [3.8, 4) is 0 Å². The number of thiol groups is 1. The van der Waals surface area contributed by atoms with Gasteiger partial charge in [0.05, 0.1) is 5.92 Å². The van der Waals surface area contributed by atoms with Crippen molar-refractivity contribution in [3.63, 3.8) is 0 Å². The first-order chi connectivity index (χ1) is 9.29. The summed E-state index contributed by atoms with van der Waals surface area (Å²) in [6, 6.07) is 19.5. The zero-order valence-corrected chi connectivity index (χ0v) is 11.5. The Morgan fingerprint density at radius 3 is 2.16 bits per heavy atom. The summed E-state index contributed by atoms with van der Waals surface area (Å²) in [7, 11) is 0. The lowest BCUT2D eigenvalue weighted by Crippen LogP contribution is -2.26. The molecule has 2 aromatic carbocycles. The molecule has 0 bridgehead atoms. The quantitative estimate of drug-likeness (QED) is 0.802. The van der Waals surface area contributed by atoms with E-state index in [-0.39, 0.29) is 11.8 Å². The molecule has 0 spiro atoms. The van der Waals surface area contributed by atoms with Gasteiger partial charge >= 0.3 is 0 Å². The van der Waals surface area contributed by atoms with Crippen LogP contribution in [0.5, 0.6) is 0 Å². The molecule has 0 aromatic heterocycles. The Morgan fingerprint density at radius 1 is 1.00 bits per heavy atom. The van der Waals surface area contributed by atoms with Gasteiger partial charge in [0.15, 0.2) is 0 Å². The van der Waals surface area contributed by atoms with Crippen LogP contribution in [0.2, 0.25) is 0 Å². The van der Waals surface area contributed by atoms with Crippen molar-refractivity contribution in [1.29, 1.82) is 0 Å². The number of amides is 1. The van der Waals surface area contributed by atoms with Gasteiger partial charge in [-0.3, -0.25) is 4.79 Å². The second-order valence-corrected chi connectivity index (χ2v) is 4.79. The predicted octanol–water partition coefficient (Wildman–Crippen LogP) is 3.41. The Morgan fingerprint density at radius 2 is 1.58 bits per heavy atom. The highest BCUT2D eigenvalue weighted by atomic mass is 32.1. The molecule has 0 radical (unpaired) electrons. The van der Waals surface area contributed by atoms with Crippen LogP contribution < -0.4 is 5.32 Å². The third-order valence-corrected chi connectivity index (χ3v) is 3.40. The molecule has 0 saturated heterocycles. The molecule has 1 N–H and O–H groups in total. The number of rotatable bonds is 5. The molecule has 3 heteroatoms. The van der Waals surface area contributed by atoms with E-state index in [0.717, 1.165) is 11.3 Å². The molecule has 98 valence electrons. The molecule has 0 heterocycles. The highest BCUT2D eigenvalue weighted by molar-refractivity contribution is 7.80. The Kier molecular flexibility index (Phi) is 5.04. The second kappa shape index (κ2) is 7.00. The highest BCUT2D eigenvalue weighted by Crippen LogP contribution is 2.14. The fraction of sp³-hybridized carbons (Fsp3) is 0.188. The number of benzene rings is 2. The van der Waals surface area contributed by atoms with Crippen LogP contribution in [-0.4, -0.2) is 11.7 Å². The molecule has 0 aliphatic carbocycles. The first kappa shape index (κ1) is 13.7. The van der Waals surface area contributed by atoms with E-state index in [2.05, 4.69) is 17.9 Å². The molecular weight excluding hydrogens is 254 g/mol. The summed E-state index contributed by atoms with van der Waals surface area (Å²) in [5.74, 6) is 0.434. The normalized spacial score (nSPS) is 11.8. The summed E-state index contributed by atoms with van der Waals surface area (Å²) in [6.45, 7) is 0. The van der Waals surface area contributed by atoms with Crippen LogP contribution in [0.3, 0.4) is 0 Å². The van der Waals surface area contributed by atoms with Gasteiger partial charge in [-0.2, -0.15) is 12.6 Å². The van der Waals surface area contributed by atoms with E-state index >= 15 is 0 Å². The summed E-state index contributed by atoms with van der Waals surface area (Å²) < 4.78 is 0. The summed E-state index contributed by atoms with van der Waals surface area (Å²) in [4.78, 5) is 12.2. The van der Waals surface area contributed by atoms with Gasteiger partial charge in [-0.25, -0.2) is 0 Å². The fourth-order valence-corrected chi connectivity index (χ4v) is 2.20. The van der Waals surface area contributed by atoms with Gasteiger partial charge in [0, 0.05) is 11.4 Å². The van der Waals surface area contributed by atoms with E-state index in [1.54, 1.807) is 0 Å². The van der Waals surface area contributed by atoms with Gasteiger partial charge in [-0.05, 0) is 24.1 Å². The molecule has 0 fully saturated rings. The maximum atomic E-state index is 12.2. The fourth-order valence-electron chi connectivity index (χ4n) is 1.90. The zero-order valence-electron chi connectivity index (χ0n) is 10.6. The lowest BCUT2D eigenvalue weighted by atomic mass is 10.00. The molecule has 2 nitrogen and oxygen atoms in total. The molecule has 1 amide bonds. The minimum Gasteiger partial charge on any atom is -0.326 e. The standard InChI is InChI=1S/C16H17NOS/c18-16(17-15-9-5-2-6-10-15)14(12-19)11-13-7-3-1-4-8-13/h1-10,14,19H,11-12H2,(H,17,18). The molecule has 2 rings (SSSR count). The third-order valence-electron chi connectivity index (χ3n) is 2.96. The van der Waals surface area contributed by atoms with E-state index < -0.39 is 0 Å². The van der Waals surface area contributed by atoms with Gasteiger partial charge in [-0.15, -0.1) is 0 Å². The topological polar surface area (TPSA) is 29.1 Å². The van der Waals surface area contributed by atoms with Crippen molar-refractivity contribution >= 4 is 24.2 Å². The molecule has 2 aromatic rings. The lowest BCUT2D eigenvalue weighted by molar-refractivity contribution is -0.119. The predicted molar refractivity (Wildman–Crippen MR) is 82.6 cm³/mol. The molecule has 19 heavy (non-hydrogen) atoms. The number of para-hydroxylation sites is 1. The molecule has 0 aliphatic heterocycles. The Labute approximate surface area is 119 Å². The van der Waals surface area contributed by atoms with Crippen LogP contribution in [-0.2, 0) is 11.2 Å². The minimum atomic E-state index is -0.120. The number of hydrogen-bond donors (Lipinski definition) is 2. The number of nitrogens with one attached hydrogen (secondary N) is 1. The van der Waals surface area contributed by atoms with Crippen molar-refractivity contribution in [2.45, 2.75) is 6.42 Å². The molecular formula is C16H17NOS. The van der Waals surface area contributed by atoms with Crippen LogP contribution in [0.4, 0.5) is 5.69 Å². The van der Waals surface area contributed by atoms with Gasteiger partial charge < -0.3 is 5.32 Å². The largest absolute Gasteiger partial charge is 0.326 e. The Bertz CT molecular complexity index is 513. The van der Waals surface area contributed by atoms with Crippen molar-refractivity contribution in [2.24, 2.45) is 5.92 Å². The van der Waals surface area contributed by atoms with Crippen molar-refractivity contribution < 1.29 is 4.79 Å². The summed E-state index contributed by atoms with van der Waals surface area (Å²) >= 11 is 4.29. The van der Waals surface area contributed by atoms with E-state index in [1.807, 2.05) is 60.7 Å². The second-order valence-electron chi connectivity index (χ2n) is 4.42. The monoisotopic (exact) mass is 271 g/mol. The summed E-state index contributed by atoms with van der Waals surface area (Å²) in [5, 5.41) is 2.93. The molecule has 1 unspecified atom stereocenters. The Balaban J connectivity index is 2.00. The number of carbonyl (C=O) groups is 1. The van der Waals surface area contributed by atoms with Crippen LogP contribution in [0.25, 0.3) is 0 Å². The van der Waals surface area contributed by atoms with Gasteiger partial charge in [0.1, 0.15) is 0 Å². The first-order valence-corrected chi connectivity index (χ1v) is 6.93. The minimum absolute atomic E-state index is 0.0186. The van der Waals surface area contributed by atoms with Crippen LogP contribution in [0.1, 0.15) is 5.56 Å². The first-order valence-electron chi connectivity index (χ1n) is 6.30. The van der Waals surface area contributed by atoms with Crippen molar-refractivity contribution in [2.75, 3.05) is 11.1 Å². The van der Waals surface area contributed by atoms with Crippen LogP contribution in [0, 0.1) is 5.92 Å². The van der Waals surface area contributed by atoms with E-state index in [0.29, 0.717) is 12.2 Å². The third kappa shape index (κ3) is 4.14. The van der Waals surface area contributed by atoms with E-state index in [4.69, 9.17) is 0 Å². The molecule has 0 saturated carbocycles. The number of carbonyl (C=O) groups excluding carboxylic acids is 1. The maximum absolute atomic E-state index is 12.2. The average molecular weight is 271 g/mol. The highest BCUT2D eigenvalue weighted by Gasteiger charge is 2.17. The van der Waals surface area contributed by atoms with Crippen molar-refractivity contribution in [3.05, 3.63) is 66.2 Å². The lowest BCUT2D eigenvalue weighted by Gasteiger charge is -2.14. The van der Waals surface area contributed by atoms with Crippen LogP contribution >= 0.6 is 12.6 Å². The van der Waals surface area contributed by atoms with Crippen LogP contribution in [0.15, 0.2) is 60.7 Å². The number of anilines is 1. The van der Waals surface area contributed by atoms with Gasteiger partial charge in [0.2, 0.25) is 5.91 Å². The van der Waals surface area contributed by atoms with Gasteiger partial charge in [-0.1, -0.05) is 48.5 Å². The number of hydrogen-bond acceptors (Lipinski definition) is 2. The summed E-state index contributed by atoms with van der Waals surface area (Å²) in [5.41, 5.74) is 1.98. The molecule has 1 atom stereocenters. The maximum Gasteiger partial charge on any atom is 0.228 e. The Hall–Kier alpha value is -1.74. The SMILES string of the molecule is O=C(Nc1ccccc1)C(CS)Cc1ccccc1. The smallest absolute Gasteiger partial charge is 0.228 e. The average Bonchev–Trinajstić information content (AvgIpc) is 2.47.